The lowest BCUT2D eigenvalue weighted by molar-refractivity contribution is 0.00578. The summed E-state index contributed by atoms with van der Waals surface area (Å²) >= 11 is 3.58. The Morgan fingerprint density at radius 1 is 0.260 bits per heavy atom. The standard InChI is InChI=1S/C54H35NO.C37H31BO3.C23H16BrN.BH4/c1-5-16-36(17-6-1)41-31-50(37-18-7-2-8-19-37)55-51(32-41)40-21-15-20-38(30-40)39-28-29-45-47-34-46-44-26-13-14-27-48(44)54(42-22-9-3-10-23-42,43-24-11-4-12-25-43)49(46)35-53(47)56-52(45)33-39;1-35(2)36(3,4)41-38(40-35)26-19-20-28-30-22-29-27-17-11-12-18-31(27)37(24-13-7-5-8-14-24,25-15-9-6-10-16-25)32(29)23-34(30)39-33(28)21-26;24-23-10-4-8-18(15-23)21-12-20(17-6-2-1-3-7-17)13-22(14-21)19-9-5-11-25-16-19;/h1-35H;5-23H,1-4H3;1-16H;1H4/q;;;-1. The van der Waals surface area contributed by atoms with Crippen LogP contribution in [0.1, 0.15) is 72.2 Å². The number of fused-ring (bicyclic) bond motifs is 12. The van der Waals surface area contributed by atoms with E-state index in [1.165, 1.54) is 100 Å². The van der Waals surface area contributed by atoms with Crippen LogP contribution in [0.3, 0.4) is 0 Å². The largest absolute Gasteiger partial charge is 0.494 e. The van der Waals surface area contributed by atoms with Gasteiger partial charge in [-0.3, -0.25) is 4.98 Å². The van der Waals surface area contributed by atoms with Gasteiger partial charge in [0.15, 0.2) is 0 Å². The van der Waals surface area contributed by atoms with Gasteiger partial charge in [0.25, 0.3) is 0 Å². The third-order valence-corrected chi connectivity index (χ3v) is 25.8. The van der Waals surface area contributed by atoms with E-state index >= 15 is 0 Å². The van der Waals surface area contributed by atoms with Crippen molar-refractivity contribution in [1.82, 2.24) is 9.97 Å². The van der Waals surface area contributed by atoms with Crippen molar-refractivity contribution in [2.75, 3.05) is 0 Å². The van der Waals surface area contributed by atoms with E-state index in [1.807, 2.05) is 30.5 Å². The molecule has 9 heteroatoms. The summed E-state index contributed by atoms with van der Waals surface area (Å²) in [5.74, 6) is 0. The third-order valence-electron chi connectivity index (χ3n) is 25.3. The lowest BCUT2D eigenvalue weighted by atomic mass is 9.67. The van der Waals surface area contributed by atoms with Crippen molar-refractivity contribution in [2.24, 2.45) is 0 Å². The molecule has 0 atom stereocenters. The van der Waals surface area contributed by atoms with E-state index in [4.69, 9.17) is 23.1 Å². The second-order valence-electron chi connectivity index (χ2n) is 33.0. The van der Waals surface area contributed by atoms with Crippen LogP contribution in [0.25, 0.3) is 144 Å². The molecule has 1 saturated heterocycles. The molecule has 0 radical (unpaired) electrons. The Morgan fingerprint density at radius 3 is 1.11 bits per heavy atom. The summed E-state index contributed by atoms with van der Waals surface area (Å²) in [6.07, 6.45) is 3.72. The van der Waals surface area contributed by atoms with Gasteiger partial charge in [-0.2, -0.15) is 0 Å². The molecule has 590 valence electrons. The first kappa shape index (κ1) is 77.6. The molecular formula is C114H86B2BrN2O4-. The van der Waals surface area contributed by atoms with Gasteiger partial charge < -0.3 is 18.1 Å². The maximum absolute atomic E-state index is 6.84. The quantitative estimate of drug-likeness (QED) is 0.114. The van der Waals surface area contributed by atoms with Crippen molar-refractivity contribution >= 4 is 80.8 Å². The fourth-order valence-corrected chi connectivity index (χ4v) is 19.2. The molecule has 0 amide bonds. The fourth-order valence-electron chi connectivity index (χ4n) is 18.8. The monoisotopic (exact) mass is 1650 g/mol. The van der Waals surface area contributed by atoms with Crippen molar-refractivity contribution in [3.05, 3.63) is 474 Å². The Kier molecular flexibility index (Phi) is 20.1. The molecule has 0 N–H and O–H groups in total. The highest BCUT2D eigenvalue weighted by atomic mass is 79.9. The van der Waals surface area contributed by atoms with Gasteiger partial charge in [0, 0.05) is 55.1 Å². The molecular weight excluding hydrogens is 1560 g/mol. The van der Waals surface area contributed by atoms with E-state index in [1.54, 1.807) is 6.20 Å². The van der Waals surface area contributed by atoms with E-state index < -0.39 is 29.2 Å². The van der Waals surface area contributed by atoms with E-state index in [0.717, 1.165) is 98.6 Å². The highest BCUT2D eigenvalue weighted by Crippen LogP contribution is 2.60. The van der Waals surface area contributed by atoms with E-state index in [9.17, 15) is 0 Å². The number of pyridine rings is 2. The predicted octanol–water partition coefficient (Wildman–Crippen LogP) is 27.7. The maximum atomic E-state index is 6.84. The number of hydrogen-bond donors (Lipinski definition) is 0. The SMILES string of the molecule is Brc1cccc(-c2cc(-c3ccccc3)cc(-c3cccnc3)c2)c1.CC1(C)OB(c2ccc3c(c2)oc2cc4c(cc23)-c2ccccc2C4(c2ccccc2)c2ccccc2)OC1(C)C.[BH4-].c1ccc(-c2cc(-c3ccccc3)nc(-c3cccc(-c4ccc5c(c4)oc4cc6c(cc45)-c4ccccc4C6(c4ccccc4)c4ccccc4)c3)c2)cc1. The zero-order valence-corrected chi connectivity index (χ0v) is 69.5. The van der Waals surface area contributed by atoms with Crippen LogP contribution in [0.4, 0.5) is 0 Å². The van der Waals surface area contributed by atoms with Crippen LogP contribution < -0.4 is 5.46 Å². The zero-order valence-electron chi connectivity index (χ0n) is 67.9. The van der Waals surface area contributed by atoms with E-state index in [0.29, 0.717) is 0 Å². The number of hydrogen-bond acceptors (Lipinski definition) is 6. The van der Waals surface area contributed by atoms with Gasteiger partial charge in [0.05, 0.1) is 33.4 Å². The van der Waals surface area contributed by atoms with Crippen LogP contribution in [-0.4, -0.2) is 36.7 Å². The van der Waals surface area contributed by atoms with Gasteiger partial charge >= 0.3 is 7.12 Å². The second kappa shape index (κ2) is 31.8. The summed E-state index contributed by atoms with van der Waals surface area (Å²) in [6.45, 7) is 8.32. The summed E-state index contributed by atoms with van der Waals surface area (Å²) in [5.41, 5.74) is 33.5. The topological polar surface area (TPSA) is 70.5 Å². The Morgan fingerprint density at radius 2 is 0.626 bits per heavy atom. The van der Waals surface area contributed by atoms with E-state index in [2.05, 4.69) is 437 Å². The van der Waals surface area contributed by atoms with Gasteiger partial charge in [0.1, 0.15) is 22.3 Å². The van der Waals surface area contributed by atoms with Crippen molar-refractivity contribution in [2.45, 2.75) is 49.7 Å². The molecule has 23 rings (SSSR count). The zero-order chi connectivity index (χ0) is 82.1. The average Bonchev–Trinajstić information content (AvgIpc) is 1.54. The van der Waals surface area contributed by atoms with Gasteiger partial charge in [-0.15, -0.1) is 0 Å². The Hall–Kier alpha value is -14.1. The Balaban J connectivity index is 0.000000126. The highest BCUT2D eigenvalue weighted by molar-refractivity contribution is 9.10. The molecule has 6 nitrogen and oxygen atoms in total. The summed E-state index contributed by atoms with van der Waals surface area (Å²) in [6, 6.07) is 147. The molecule has 1 fully saturated rings. The first-order valence-electron chi connectivity index (χ1n) is 41.7. The number of benzene rings is 16. The molecule has 0 bridgehead atoms. The third kappa shape index (κ3) is 13.7. The van der Waals surface area contributed by atoms with Gasteiger partial charge in [0.2, 0.25) is 0 Å². The van der Waals surface area contributed by atoms with Crippen LogP contribution >= 0.6 is 15.9 Å². The molecule has 4 aromatic heterocycles. The van der Waals surface area contributed by atoms with Crippen LogP contribution in [0, 0.1) is 0 Å². The molecule has 0 spiro atoms. The number of halogens is 1. The molecule has 123 heavy (non-hydrogen) atoms. The van der Waals surface area contributed by atoms with Crippen LogP contribution in [0.2, 0.25) is 0 Å². The van der Waals surface area contributed by atoms with Crippen LogP contribution in [0.5, 0.6) is 0 Å². The molecule has 3 aliphatic rings. The number of aromatic nitrogens is 2. The summed E-state index contributed by atoms with van der Waals surface area (Å²) in [7, 11) is -0.432. The highest BCUT2D eigenvalue weighted by Gasteiger charge is 2.53. The first-order chi connectivity index (χ1) is 59.8. The average molecular weight is 1650 g/mol. The lowest BCUT2D eigenvalue weighted by Crippen LogP contribution is -2.41. The molecule has 1 aliphatic heterocycles. The number of nitrogens with zero attached hydrogens (tertiary/aromatic N) is 2. The molecule has 16 aromatic carbocycles. The second-order valence-corrected chi connectivity index (χ2v) is 33.9. The van der Waals surface area contributed by atoms with Gasteiger partial charge in [-0.1, -0.05) is 340 Å². The molecule has 0 unspecified atom stereocenters. The maximum Gasteiger partial charge on any atom is 0.494 e. The predicted molar refractivity (Wildman–Crippen MR) is 517 cm³/mol. The summed E-state index contributed by atoms with van der Waals surface area (Å²) in [4.78, 5) is 9.47. The Labute approximate surface area is 727 Å². The van der Waals surface area contributed by atoms with Gasteiger partial charge in [-0.05, 0) is 247 Å². The van der Waals surface area contributed by atoms with Gasteiger partial charge in [-0.25, -0.2) is 4.98 Å². The molecule has 2 aliphatic carbocycles. The Bertz CT molecular complexity index is 7120. The van der Waals surface area contributed by atoms with Crippen molar-refractivity contribution < 1.29 is 18.1 Å². The summed E-state index contributed by atoms with van der Waals surface area (Å²) in [5, 5.41) is 4.45. The van der Waals surface area contributed by atoms with Crippen molar-refractivity contribution in [1.29, 1.82) is 0 Å². The fraction of sp³-hybridized carbons (Fsp3) is 0.0702. The first-order valence-corrected chi connectivity index (χ1v) is 42.5. The minimum atomic E-state index is -0.473. The van der Waals surface area contributed by atoms with Crippen molar-refractivity contribution in [3.8, 4) is 100 Å². The molecule has 20 aromatic rings. The smallest absolute Gasteiger partial charge is 0.456 e. The molecule has 5 heterocycles. The van der Waals surface area contributed by atoms with Crippen LogP contribution in [0.15, 0.2) is 438 Å². The molecule has 0 saturated carbocycles. The van der Waals surface area contributed by atoms with Crippen molar-refractivity contribution in [3.63, 3.8) is 0 Å². The normalized spacial score (nSPS) is 14.0. The lowest BCUT2D eigenvalue weighted by Gasteiger charge is -2.33. The minimum Gasteiger partial charge on any atom is -0.456 e. The summed E-state index contributed by atoms with van der Waals surface area (Å²) < 4.78 is 27.2. The number of rotatable bonds is 12. The number of furan rings is 2. The van der Waals surface area contributed by atoms with Crippen LogP contribution in [-0.2, 0) is 20.1 Å². The van der Waals surface area contributed by atoms with E-state index in [-0.39, 0.29) is 8.41 Å². The minimum absolute atomic E-state index is 0.